The van der Waals surface area contributed by atoms with Crippen LogP contribution in [0.5, 0.6) is 0 Å². The van der Waals surface area contributed by atoms with Crippen LogP contribution in [0.3, 0.4) is 0 Å². The monoisotopic (exact) mass is 384 g/mol. The van der Waals surface area contributed by atoms with E-state index in [9.17, 15) is 23.3 Å². The van der Waals surface area contributed by atoms with E-state index in [1.54, 1.807) is 12.1 Å². The third kappa shape index (κ3) is 4.92. The Morgan fingerprint density at radius 1 is 1.27 bits per heavy atom. The number of amides is 1. The molecular formula is C16H24N4O5S. The first-order valence-corrected chi connectivity index (χ1v) is 10.1. The summed E-state index contributed by atoms with van der Waals surface area (Å²) in [5.74, 6) is -0.355. The Morgan fingerprint density at radius 3 is 2.42 bits per heavy atom. The molecule has 1 heterocycles. The molecule has 0 aliphatic carbocycles. The Kier molecular flexibility index (Phi) is 6.54. The van der Waals surface area contributed by atoms with E-state index >= 15 is 0 Å². The molecule has 0 bridgehead atoms. The van der Waals surface area contributed by atoms with Crippen molar-refractivity contribution < 1.29 is 18.1 Å². The van der Waals surface area contributed by atoms with Gasteiger partial charge in [0.1, 0.15) is 6.04 Å². The fraction of sp³-hybridized carbons (Fsp3) is 0.562. The number of rotatable bonds is 8. The molecular weight excluding hydrogens is 360 g/mol. The van der Waals surface area contributed by atoms with Crippen LogP contribution in [0, 0.1) is 16.0 Å². The van der Waals surface area contributed by atoms with E-state index in [4.69, 9.17) is 0 Å². The second-order valence-corrected chi connectivity index (χ2v) is 8.53. The number of carbonyl (C=O) groups excluding carboxylic acids is 1. The number of hydrogen-bond acceptors (Lipinski definition) is 6. The van der Waals surface area contributed by atoms with Crippen LogP contribution in [-0.4, -0.2) is 55.0 Å². The molecule has 0 saturated carbocycles. The quantitative estimate of drug-likeness (QED) is 0.394. The van der Waals surface area contributed by atoms with Crippen LogP contribution in [0.1, 0.15) is 20.3 Å². The molecule has 1 aromatic carbocycles. The molecule has 0 spiro atoms. The molecule has 1 amide bonds. The van der Waals surface area contributed by atoms with Crippen molar-refractivity contribution in [3.63, 3.8) is 0 Å². The first-order valence-electron chi connectivity index (χ1n) is 8.48. The van der Waals surface area contributed by atoms with Crippen LogP contribution in [0.25, 0.3) is 0 Å². The van der Waals surface area contributed by atoms with Crippen LogP contribution in [-0.2, 0) is 14.8 Å². The van der Waals surface area contributed by atoms with E-state index in [1.807, 2.05) is 13.8 Å². The number of nitrogens with zero attached hydrogens (tertiary/aromatic N) is 2. The maximum absolute atomic E-state index is 12.5. The van der Waals surface area contributed by atoms with Gasteiger partial charge in [0, 0.05) is 37.5 Å². The van der Waals surface area contributed by atoms with Crippen LogP contribution in [0.2, 0.25) is 0 Å². The van der Waals surface area contributed by atoms with Crippen molar-refractivity contribution in [3.05, 3.63) is 34.4 Å². The van der Waals surface area contributed by atoms with Crippen molar-refractivity contribution in [2.45, 2.75) is 26.3 Å². The van der Waals surface area contributed by atoms with Gasteiger partial charge in [-0.3, -0.25) is 14.9 Å². The Hall–Kier alpha value is -2.20. The molecule has 26 heavy (non-hydrogen) atoms. The zero-order valence-electron chi connectivity index (χ0n) is 14.8. The SMILES string of the molecule is CC(C)C(C(=O)NCCNc1ccc([N+](=O)[O-])cc1)N1CCCS1(=O)=O. The summed E-state index contributed by atoms with van der Waals surface area (Å²) >= 11 is 0. The summed E-state index contributed by atoms with van der Waals surface area (Å²) in [6.45, 7) is 4.76. The van der Waals surface area contributed by atoms with E-state index in [-0.39, 0.29) is 23.3 Å². The number of carbonyl (C=O) groups is 1. The highest BCUT2D eigenvalue weighted by molar-refractivity contribution is 7.89. The Labute approximate surface area is 153 Å². The van der Waals surface area contributed by atoms with Gasteiger partial charge in [-0.1, -0.05) is 13.8 Å². The zero-order chi connectivity index (χ0) is 19.3. The lowest BCUT2D eigenvalue weighted by Crippen LogP contribution is -2.51. The van der Waals surface area contributed by atoms with E-state index in [2.05, 4.69) is 10.6 Å². The number of non-ortho nitro benzene ring substituents is 1. The first-order chi connectivity index (χ1) is 12.2. The van der Waals surface area contributed by atoms with Crippen LogP contribution in [0.4, 0.5) is 11.4 Å². The standard InChI is InChI=1S/C16H24N4O5S/c1-12(2)15(19-10-3-11-26(19,24)25)16(21)18-9-8-17-13-4-6-14(7-5-13)20(22)23/h4-7,12,15,17H,3,8-11H2,1-2H3,(H,18,21). The molecule has 144 valence electrons. The van der Waals surface area contributed by atoms with E-state index in [0.717, 1.165) is 0 Å². The van der Waals surface area contributed by atoms with Gasteiger partial charge >= 0.3 is 0 Å². The summed E-state index contributed by atoms with van der Waals surface area (Å²) in [7, 11) is -3.36. The van der Waals surface area contributed by atoms with E-state index in [1.165, 1.54) is 16.4 Å². The van der Waals surface area contributed by atoms with Crippen LogP contribution < -0.4 is 10.6 Å². The Bertz CT molecular complexity index is 748. The smallest absolute Gasteiger partial charge is 0.269 e. The average Bonchev–Trinajstić information content (AvgIpc) is 2.91. The molecule has 1 fully saturated rings. The summed E-state index contributed by atoms with van der Waals surface area (Å²) in [6.07, 6.45) is 0.542. The van der Waals surface area contributed by atoms with Crippen molar-refractivity contribution in [2.24, 2.45) is 5.92 Å². The lowest BCUT2D eigenvalue weighted by Gasteiger charge is -2.28. The topological polar surface area (TPSA) is 122 Å². The molecule has 2 rings (SSSR count). The second-order valence-electron chi connectivity index (χ2n) is 6.49. The molecule has 1 aliphatic rings. The van der Waals surface area contributed by atoms with E-state index < -0.39 is 21.0 Å². The van der Waals surface area contributed by atoms with Gasteiger partial charge in [0.2, 0.25) is 15.9 Å². The molecule has 1 atom stereocenters. The van der Waals surface area contributed by atoms with Gasteiger partial charge < -0.3 is 10.6 Å². The highest BCUT2D eigenvalue weighted by Crippen LogP contribution is 2.22. The minimum absolute atomic E-state index is 0.00968. The molecule has 1 unspecified atom stereocenters. The minimum atomic E-state index is -3.36. The third-order valence-corrected chi connectivity index (χ3v) is 6.11. The average molecular weight is 384 g/mol. The van der Waals surface area contributed by atoms with E-state index in [0.29, 0.717) is 31.7 Å². The summed E-state index contributed by atoms with van der Waals surface area (Å²) in [6, 6.07) is 5.27. The minimum Gasteiger partial charge on any atom is -0.383 e. The van der Waals surface area contributed by atoms with Gasteiger partial charge in [0.05, 0.1) is 10.7 Å². The highest BCUT2D eigenvalue weighted by Gasteiger charge is 2.39. The van der Waals surface area contributed by atoms with Gasteiger partial charge in [0.25, 0.3) is 5.69 Å². The molecule has 0 radical (unpaired) electrons. The van der Waals surface area contributed by atoms with Crippen LogP contribution >= 0.6 is 0 Å². The molecule has 1 saturated heterocycles. The molecule has 10 heteroatoms. The van der Waals surface area contributed by atoms with Gasteiger partial charge in [0.15, 0.2) is 0 Å². The zero-order valence-corrected chi connectivity index (χ0v) is 15.7. The summed E-state index contributed by atoms with van der Waals surface area (Å²) in [5.41, 5.74) is 0.711. The van der Waals surface area contributed by atoms with Crippen molar-refractivity contribution >= 4 is 27.3 Å². The maximum Gasteiger partial charge on any atom is 0.269 e. The second kappa shape index (κ2) is 8.45. The van der Waals surface area contributed by atoms with Crippen molar-refractivity contribution in [1.29, 1.82) is 0 Å². The largest absolute Gasteiger partial charge is 0.383 e. The number of hydrogen-bond donors (Lipinski definition) is 2. The molecule has 1 aliphatic heterocycles. The summed E-state index contributed by atoms with van der Waals surface area (Å²) in [4.78, 5) is 22.6. The van der Waals surface area contributed by atoms with Gasteiger partial charge in [-0.2, -0.15) is 4.31 Å². The number of nitro benzene ring substituents is 1. The molecule has 1 aromatic rings. The van der Waals surface area contributed by atoms with Gasteiger partial charge in [-0.05, 0) is 24.5 Å². The maximum atomic E-state index is 12.5. The molecule has 2 N–H and O–H groups in total. The highest BCUT2D eigenvalue weighted by atomic mass is 32.2. The van der Waals surface area contributed by atoms with Gasteiger partial charge in [-0.25, -0.2) is 8.42 Å². The number of benzene rings is 1. The van der Waals surface area contributed by atoms with Crippen molar-refractivity contribution in [2.75, 3.05) is 30.7 Å². The lowest BCUT2D eigenvalue weighted by molar-refractivity contribution is -0.384. The number of anilines is 1. The third-order valence-electron chi connectivity index (χ3n) is 4.18. The fourth-order valence-electron chi connectivity index (χ4n) is 2.94. The lowest BCUT2D eigenvalue weighted by atomic mass is 10.0. The molecule has 9 nitrogen and oxygen atoms in total. The Balaban J connectivity index is 1.85. The van der Waals surface area contributed by atoms with Crippen molar-refractivity contribution in [1.82, 2.24) is 9.62 Å². The number of nitrogens with one attached hydrogen (secondary N) is 2. The van der Waals surface area contributed by atoms with Gasteiger partial charge in [-0.15, -0.1) is 0 Å². The predicted molar refractivity (Wildman–Crippen MR) is 98.3 cm³/mol. The first kappa shape index (κ1) is 20.1. The fourth-order valence-corrected chi connectivity index (χ4v) is 4.76. The van der Waals surface area contributed by atoms with Crippen LogP contribution in [0.15, 0.2) is 24.3 Å². The number of sulfonamides is 1. The number of nitro groups is 1. The predicted octanol–water partition coefficient (Wildman–Crippen LogP) is 1.18. The summed E-state index contributed by atoms with van der Waals surface area (Å²) < 4.78 is 25.5. The molecule has 0 aromatic heterocycles. The van der Waals surface area contributed by atoms with Crippen molar-refractivity contribution in [3.8, 4) is 0 Å². The Morgan fingerprint density at radius 2 is 1.92 bits per heavy atom. The normalized spacial score (nSPS) is 17.8. The summed E-state index contributed by atoms with van der Waals surface area (Å²) in [5, 5.41) is 16.4.